The number of carboxylic acids is 8. The number of hydrogen-bond acceptors (Lipinski definition) is 12. The van der Waals surface area contributed by atoms with E-state index in [-0.39, 0.29) is 30.3 Å². The molecule has 20 nitrogen and oxygen atoms in total. The first-order chi connectivity index (χ1) is 32.9. The zero-order valence-electron chi connectivity index (χ0n) is 33.8. The van der Waals surface area contributed by atoms with Gasteiger partial charge in [0.05, 0.1) is 33.4 Å². The van der Waals surface area contributed by atoms with Crippen molar-refractivity contribution < 1.29 is 151 Å². The van der Waals surface area contributed by atoms with E-state index in [4.69, 9.17) is 14.9 Å². The zero-order valence-corrected chi connectivity index (χ0v) is 33.8. The average Bonchev–Trinajstić information content (AvgIpc) is 3.27. The second kappa shape index (κ2) is 18.6. The molecule has 0 radical (unpaired) electrons. The van der Waals surface area contributed by atoms with Crippen molar-refractivity contribution in [1.29, 1.82) is 0 Å². The van der Waals surface area contributed by atoms with Crippen LogP contribution in [-0.2, 0) is 30.5 Å². The molecule has 0 fully saturated rings. The molecule has 0 bridgehead atoms. The molecule has 4 aromatic carbocycles. The predicted octanol–water partition coefficient (Wildman–Crippen LogP) is 5.73. The van der Waals surface area contributed by atoms with Crippen LogP contribution in [0.3, 0.4) is 0 Å². The van der Waals surface area contributed by atoms with E-state index in [9.17, 15) is 78.6 Å². The summed E-state index contributed by atoms with van der Waals surface area (Å²) in [7, 11) is 0. The van der Waals surface area contributed by atoms with Crippen LogP contribution in [0.5, 0.6) is 11.5 Å². The standard InChI is InChI=1S/C40H18F12O20/c41-20-19(21(42)23(44)24(22(20)43)72-30(62)12-2-8-16(26(55)56)18(10-12)28(59)60)37(45,46)39(49,50)40(51,52)38(47,48)36(33(67)68,34(69)70)35(31(63)64,32(65)66)13-3-5-14(6-4-13)71-29(61)11-1-7-15(25(53)54)17(9-11)27(57)58/h1-10H,(H,53,54)(H,55,56)(H,57,58)(H,59,60)(H,63,64)(H,65,66)(H,67,68)(H,69,70). The molecular formula is C40H18F12O20. The van der Waals surface area contributed by atoms with Crippen molar-refractivity contribution in [1.82, 2.24) is 0 Å². The minimum absolute atomic E-state index is 0.0169. The number of hydrogen-bond donors (Lipinski definition) is 8. The molecule has 0 aliphatic carbocycles. The van der Waals surface area contributed by atoms with Gasteiger partial charge in [0.2, 0.25) is 22.8 Å². The van der Waals surface area contributed by atoms with E-state index in [0.717, 1.165) is 0 Å². The molecule has 8 N–H and O–H groups in total. The summed E-state index contributed by atoms with van der Waals surface area (Å²) in [5.74, 6) is -81.6. The highest BCUT2D eigenvalue weighted by Crippen LogP contribution is 2.65. The largest absolute Gasteiger partial charge is 0.480 e. The normalized spacial score (nSPS) is 12.3. The highest BCUT2D eigenvalue weighted by molar-refractivity contribution is 6.18. The summed E-state index contributed by atoms with van der Waals surface area (Å²) in [4.78, 5) is 121. The molecule has 0 unspecified atom stereocenters. The second-order valence-corrected chi connectivity index (χ2v) is 14.0. The molecule has 4 aromatic rings. The molecule has 0 aliphatic rings. The van der Waals surface area contributed by atoms with E-state index < -0.39 is 173 Å². The number of esters is 2. The van der Waals surface area contributed by atoms with Crippen LogP contribution >= 0.6 is 0 Å². The Kier molecular flexibility index (Phi) is 14.3. The van der Waals surface area contributed by atoms with Gasteiger partial charge in [-0.2, -0.15) is 43.9 Å². The Morgan fingerprint density at radius 2 is 0.764 bits per heavy atom. The van der Waals surface area contributed by atoms with Gasteiger partial charge in [-0.25, -0.2) is 37.5 Å². The number of benzene rings is 4. The highest BCUT2D eigenvalue weighted by Gasteiger charge is 2.94. The van der Waals surface area contributed by atoms with Gasteiger partial charge in [0.15, 0.2) is 11.6 Å². The first-order valence-electron chi connectivity index (χ1n) is 18.0. The molecule has 0 aromatic heterocycles. The van der Waals surface area contributed by atoms with Crippen molar-refractivity contribution in [3.05, 3.63) is 128 Å². The minimum atomic E-state index is -8.74. The van der Waals surface area contributed by atoms with Crippen molar-refractivity contribution >= 4 is 59.7 Å². The quantitative estimate of drug-likeness (QED) is 0.0183. The Bertz CT molecular complexity index is 3000. The lowest BCUT2D eigenvalue weighted by Gasteiger charge is -2.47. The molecule has 32 heteroatoms. The molecule has 0 saturated heterocycles. The number of rotatable bonds is 19. The monoisotopic (exact) mass is 1050 g/mol. The fraction of sp³-hybridized carbons (Fsp3) is 0.150. The van der Waals surface area contributed by atoms with Gasteiger partial charge in [0.1, 0.15) is 11.3 Å². The number of alkyl halides is 8. The number of carbonyl (C=O) groups excluding carboxylic acids is 2. The molecular weight excluding hydrogens is 1030 g/mol. The van der Waals surface area contributed by atoms with Gasteiger partial charge in [0.25, 0.3) is 5.41 Å². The van der Waals surface area contributed by atoms with Crippen LogP contribution in [0.1, 0.15) is 73.3 Å². The zero-order chi connectivity index (χ0) is 55.3. The SMILES string of the molecule is O=C(Oc1ccc(C(C(=O)O)(C(=O)O)C(C(=O)O)(C(=O)O)C(F)(F)C(F)(F)C(F)(F)C(F)(F)c2c(F)c(F)c(OC(=O)c3ccc(C(=O)O)c(C(=O)O)c3)c(F)c2F)cc1)c1ccc(C(=O)O)c(C(=O)O)c1. The maximum absolute atomic E-state index is 16.5. The molecule has 0 atom stereocenters. The van der Waals surface area contributed by atoms with Gasteiger partial charge in [0, 0.05) is 0 Å². The molecule has 0 saturated carbocycles. The van der Waals surface area contributed by atoms with Crippen molar-refractivity contribution in [2.45, 2.75) is 29.1 Å². The number of ether oxygens (including phenoxy) is 2. The Morgan fingerprint density at radius 3 is 1.10 bits per heavy atom. The van der Waals surface area contributed by atoms with Gasteiger partial charge in [-0.05, 0) is 54.1 Å². The van der Waals surface area contributed by atoms with E-state index in [1.165, 1.54) is 0 Å². The van der Waals surface area contributed by atoms with Gasteiger partial charge < -0.3 is 50.3 Å². The van der Waals surface area contributed by atoms with Crippen molar-refractivity contribution in [2.75, 3.05) is 0 Å². The van der Waals surface area contributed by atoms with Crippen molar-refractivity contribution in [3.63, 3.8) is 0 Å². The Balaban J connectivity index is 1.91. The van der Waals surface area contributed by atoms with E-state index in [0.29, 0.717) is 30.3 Å². The van der Waals surface area contributed by atoms with E-state index >= 15 is 52.7 Å². The first-order valence-corrected chi connectivity index (χ1v) is 18.0. The lowest BCUT2D eigenvalue weighted by Crippen LogP contribution is -2.77. The van der Waals surface area contributed by atoms with Gasteiger partial charge in [-0.3, -0.25) is 19.2 Å². The van der Waals surface area contributed by atoms with E-state index in [1.807, 2.05) is 0 Å². The molecule has 0 amide bonds. The van der Waals surface area contributed by atoms with E-state index in [1.54, 1.807) is 0 Å². The first kappa shape index (κ1) is 55.3. The smallest absolute Gasteiger partial charge is 0.382 e. The number of carbonyl (C=O) groups is 10. The molecule has 72 heavy (non-hydrogen) atoms. The predicted molar refractivity (Wildman–Crippen MR) is 197 cm³/mol. The summed E-state index contributed by atoms with van der Waals surface area (Å²) in [6.07, 6.45) is 0. The molecule has 4 rings (SSSR count). The second-order valence-electron chi connectivity index (χ2n) is 14.0. The summed E-state index contributed by atoms with van der Waals surface area (Å²) in [6, 6.07) is 1.59. The van der Waals surface area contributed by atoms with Crippen LogP contribution in [0.4, 0.5) is 52.7 Å². The van der Waals surface area contributed by atoms with Crippen LogP contribution in [0, 0.1) is 28.7 Å². The van der Waals surface area contributed by atoms with Gasteiger partial charge in [-0.15, -0.1) is 0 Å². The third kappa shape index (κ3) is 8.09. The number of carboxylic acid groups (broad SMARTS) is 8. The summed E-state index contributed by atoms with van der Waals surface area (Å²) in [6.45, 7) is 0. The van der Waals surface area contributed by atoms with Crippen LogP contribution in [-0.4, -0.2) is 118 Å². The summed E-state index contributed by atoms with van der Waals surface area (Å²) < 4.78 is 197. The average molecular weight is 1050 g/mol. The minimum Gasteiger partial charge on any atom is -0.480 e. The van der Waals surface area contributed by atoms with Crippen molar-refractivity contribution in [2.24, 2.45) is 5.41 Å². The lowest BCUT2D eigenvalue weighted by atomic mass is 9.54. The summed E-state index contributed by atoms with van der Waals surface area (Å²) in [5.41, 5.74) is -26.2. The topological polar surface area (TPSA) is 351 Å². The third-order valence-corrected chi connectivity index (χ3v) is 10.2. The lowest BCUT2D eigenvalue weighted by molar-refractivity contribution is -0.389. The van der Waals surface area contributed by atoms with Gasteiger partial charge >= 0.3 is 83.4 Å². The number of aromatic carboxylic acids is 4. The van der Waals surface area contributed by atoms with Crippen molar-refractivity contribution in [3.8, 4) is 11.5 Å². The molecule has 0 heterocycles. The highest BCUT2D eigenvalue weighted by atomic mass is 19.4. The Labute approximate surface area is 385 Å². The van der Waals surface area contributed by atoms with E-state index in [2.05, 4.69) is 4.74 Å². The van der Waals surface area contributed by atoms with Crippen LogP contribution in [0.2, 0.25) is 0 Å². The molecule has 0 aliphatic heterocycles. The molecule has 382 valence electrons. The fourth-order valence-electron chi connectivity index (χ4n) is 6.72. The number of aliphatic carboxylic acids is 4. The Morgan fingerprint density at radius 1 is 0.403 bits per heavy atom. The summed E-state index contributed by atoms with van der Waals surface area (Å²) in [5, 5.41) is 76.5. The molecule has 0 spiro atoms. The number of halogens is 12. The Hall–Kier alpha value is -9.26. The maximum Gasteiger partial charge on any atom is 0.382 e. The van der Waals surface area contributed by atoms with Crippen LogP contribution in [0.15, 0.2) is 60.7 Å². The van der Waals surface area contributed by atoms with Crippen LogP contribution in [0.25, 0.3) is 0 Å². The van der Waals surface area contributed by atoms with Gasteiger partial charge in [-0.1, -0.05) is 12.1 Å². The summed E-state index contributed by atoms with van der Waals surface area (Å²) >= 11 is 0. The maximum atomic E-state index is 16.5. The fourth-order valence-corrected chi connectivity index (χ4v) is 6.72. The van der Waals surface area contributed by atoms with Crippen LogP contribution < -0.4 is 9.47 Å². The third-order valence-electron chi connectivity index (χ3n) is 10.2.